The SMILES string of the molecule is CCOC(=O)COc1ccc(Br)cc1/C=C1/SC(=S)N(c2ccc3c(c2)OCO3)C1=O. The molecule has 0 N–H and O–H groups in total. The Morgan fingerprint density at radius 2 is 2.06 bits per heavy atom. The quantitative estimate of drug-likeness (QED) is 0.312. The summed E-state index contributed by atoms with van der Waals surface area (Å²) in [7, 11) is 0. The van der Waals surface area contributed by atoms with Gasteiger partial charge >= 0.3 is 5.97 Å². The van der Waals surface area contributed by atoms with Gasteiger partial charge in [-0.1, -0.05) is 39.9 Å². The van der Waals surface area contributed by atoms with Gasteiger partial charge in [-0.3, -0.25) is 9.69 Å². The van der Waals surface area contributed by atoms with Gasteiger partial charge in [-0.05, 0) is 43.3 Å². The number of fused-ring (bicyclic) bond motifs is 1. The molecule has 0 spiro atoms. The maximum Gasteiger partial charge on any atom is 0.344 e. The van der Waals surface area contributed by atoms with Crippen LogP contribution >= 0.6 is 39.9 Å². The van der Waals surface area contributed by atoms with Crippen LogP contribution in [0, 0.1) is 0 Å². The molecule has 0 saturated carbocycles. The van der Waals surface area contributed by atoms with Crippen LogP contribution in [0.15, 0.2) is 45.8 Å². The summed E-state index contributed by atoms with van der Waals surface area (Å²) in [6.07, 6.45) is 1.69. The van der Waals surface area contributed by atoms with E-state index < -0.39 is 5.97 Å². The van der Waals surface area contributed by atoms with Crippen LogP contribution in [0.4, 0.5) is 5.69 Å². The average molecular weight is 522 g/mol. The standard InChI is InChI=1S/C21H16BrNO6S2/c1-2-26-19(24)10-27-15-5-3-13(22)7-12(15)8-18-20(25)23(21(30)31-18)14-4-6-16-17(9-14)29-11-28-16/h3-9H,2,10-11H2,1H3/b18-8+. The number of rotatable bonds is 6. The fourth-order valence-electron chi connectivity index (χ4n) is 2.96. The molecule has 2 heterocycles. The molecule has 10 heteroatoms. The highest BCUT2D eigenvalue weighted by atomic mass is 79.9. The monoisotopic (exact) mass is 521 g/mol. The number of hydrogen-bond donors (Lipinski definition) is 0. The van der Waals surface area contributed by atoms with Crippen molar-refractivity contribution in [1.29, 1.82) is 0 Å². The second-order valence-corrected chi connectivity index (χ2v) is 8.92. The maximum absolute atomic E-state index is 13.1. The van der Waals surface area contributed by atoms with Crippen molar-refractivity contribution in [2.45, 2.75) is 6.92 Å². The van der Waals surface area contributed by atoms with Crippen molar-refractivity contribution < 1.29 is 28.5 Å². The lowest BCUT2D eigenvalue weighted by Gasteiger charge is -2.15. The van der Waals surface area contributed by atoms with Gasteiger partial charge in [0.1, 0.15) is 5.75 Å². The van der Waals surface area contributed by atoms with Crippen molar-refractivity contribution in [3.8, 4) is 17.2 Å². The summed E-state index contributed by atoms with van der Waals surface area (Å²) in [6, 6.07) is 10.5. The van der Waals surface area contributed by atoms with Crippen molar-refractivity contribution in [2.24, 2.45) is 0 Å². The number of benzene rings is 2. The Balaban J connectivity index is 1.59. The van der Waals surface area contributed by atoms with Crippen LogP contribution in [0.1, 0.15) is 12.5 Å². The van der Waals surface area contributed by atoms with Crippen LogP contribution in [0.5, 0.6) is 17.2 Å². The van der Waals surface area contributed by atoms with E-state index in [2.05, 4.69) is 15.9 Å². The molecule has 0 atom stereocenters. The van der Waals surface area contributed by atoms with Gasteiger partial charge in [0.25, 0.3) is 5.91 Å². The van der Waals surface area contributed by atoms with Crippen LogP contribution in [0.3, 0.4) is 0 Å². The molecule has 2 aliphatic heterocycles. The van der Waals surface area contributed by atoms with Crippen LogP contribution in [-0.2, 0) is 14.3 Å². The molecule has 2 aromatic rings. The number of esters is 1. The first-order valence-electron chi connectivity index (χ1n) is 9.22. The van der Waals surface area contributed by atoms with E-state index in [0.717, 1.165) is 4.47 Å². The Labute approximate surface area is 196 Å². The number of thiocarbonyl (C=S) groups is 1. The second-order valence-electron chi connectivity index (χ2n) is 6.33. The summed E-state index contributed by atoms with van der Waals surface area (Å²) in [5, 5.41) is 0. The first kappa shape index (κ1) is 21.7. The molecule has 0 aromatic heterocycles. The minimum atomic E-state index is -0.467. The molecule has 1 amide bonds. The number of thioether (sulfide) groups is 1. The Kier molecular flexibility index (Phi) is 6.49. The van der Waals surface area contributed by atoms with Gasteiger partial charge in [0.2, 0.25) is 6.79 Å². The zero-order chi connectivity index (χ0) is 22.0. The fourth-order valence-corrected chi connectivity index (χ4v) is 4.63. The van der Waals surface area contributed by atoms with E-state index in [4.69, 9.17) is 31.2 Å². The van der Waals surface area contributed by atoms with E-state index in [1.165, 1.54) is 16.7 Å². The highest BCUT2D eigenvalue weighted by molar-refractivity contribution is 9.10. The number of hydrogen-bond acceptors (Lipinski definition) is 8. The second kappa shape index (κ2) is 9.29. The van der Waals surface area contributed by atoms with Crippen LogP contribution < -0.4 is 19.1 Å². The third-order valence-electron chi connectivity index (χ3n) is 4.32. The largest absolute Gasteiger partial charge is 0.481 e. The van der Waals surface area contributed by atoms with Crippen LogP contribution in [-0.4, -0.2) is 36.2 Å². The topological polar surface area (TPSA) is 74.3 Å². The van der Waals surface area contributed by atoms with Crippen molar-refractivity contribution in [3.63, 3.8) is 0 Å². The molecule has 1 fully saturated rings. The normalized spacial score (nSPS) is 16.2. The minimum absolute atomic E-state index is 0.147. The summed E-state index contributed by atoms with van der Waals surface area (Å²) < 4.78 is 22.4. The number of anilines is 1. The van der Waals surface area contributed by atoms with Gasteiger partial charge < -0.3 is 18.9 Å². The number of carbonyl (C=O) groups excluding carboxylic acids is 2. The molecule has 160 valence electrons. The predicted molar refractivity (Wildman–Crippen MR) is 124 cm³/mol. The molecule has 2 aromatic carbocycles. The van der Waals surface area contributed by atoms with Crippen LogP contribution in [0.2, 0.25) is 0 Å². The van der Waals surface area contributed by atoms with Crippen molar-refractivity contribution >= 4 is 67.9 Å². The van der Waals surface area contributed by atoms with Crippen molar-refractivity contribution in [3.05, 3.63) is 51.3 Å². The van der Waals surface area contributed by atoms with Crippen LogP contribution in [0.25, 0.3) is 6.08 Å². The summed E-state index contributed by atoms with van der Waals surface area (Å²) in [5.41, 5.74) is 1.23. The van der Waals surface area contributed by atoms with E-state index in [9.17, 15) is 9.59 Å². The molecule has 31 heavy (non-hydrogen) atoms. The number of ether oxygens (including phenoxy) is 4. The highest BCUT2D eigenvalue weighted by Gasteiger charge is 2.34. The Bertz CT molecular complexity index is 1100. The third kappa shape index (κ3) is 4.70. The lowest BCUT2D eigenvalue weighted by atomic mass is 10.2. The minimum Gasteiger partial charge on any atom is -0.481 e. The number of nitrogens with zero attached hydrogens (tertiary/aromatic N) is 1. The summed E-state index contributed by atoms with van der Waals surface area (Å²) in [4.78, 5) is 26.6. The van der Waals surface area contributed by atoms with Gasteiger partial charge in [0, 0.05) is 16.1 Å². The molecular weight excluding hydrogens is 506 g/mol. The zero-order valence-electron chi connectivity index (χ0n) is 16.3. The molecular formula is C21H16BrNO6S2. The molecule has 0 aliphatic carbocycles. The van der Waals surface area contributed by atoms with Gasteiger partial charge in [-0.25, -0.2) is 4.79 Å². The first-order valence-corrected chi connectivity index (χ1v) is 11.2. The smallest absolute Gasteiger partial charge is 0.344 e. The lowest BCUT2D eigenvalue weighted by molar-refractivity contribution is -0.145. The molecule has 0 radical (unpaired) electrons. The van der Waals surface area contributed by atoms with E-state index in [-0.39, 0.29) is 25.9 Å². The molecule has 0 bridgehead atoms. The average Bonchev–Trinajstić information content (AvgIpc) is 3.31. The van der Waals surface area contributed by atoms with E-state index >= 15 is 0 Å². The van der Waals surface area contributed by atoms with E-state index in [0.29, 0.717) is 37.7 Å². The van der Waals surface area contributed by atoms with Gasteiger partial charge in [0.05, 0.1) is 17.2 Å². The van der Waals surface area contributed by atoms with Gasteiger partial charge in [-0.15, -0.1) is 0 Å². The van der Waals surface area contributed by atoms with Gasteiger partial charge in [0.15, 0.2) is 22.4 Å². The fraction of sp³-hybridized carbons (Fsp3) is 0.190. The Hall–Kier alpha value is -2.56. The molecule has 1 saturated heterocycles. The first-order chi connectivity index (χ1) is 15.0. The Morgan fingerprint density at radius 3 is 2.87 bits per heavy atom. The summed E-state index contributed by atoms with van der Waals surface area (Å²) >= 11 is 10.1. The number of amides is 1. The van der Waals surface area contributed by atoms with E-state index in [1.54, 1.807) is 49.4 Å². The third-order valence-corrected chi connectivity index (χ3v) is 6.11. The molecule has 7 nitrogen and oxygen atoms in total. The van der Waals surface area contributed by atoms with Crippen molar-refractivity contribution in [1.82, 2.24) is 0 Å². The highest BCUT2D eigenvalue weighted by Crippen LogP contribution is 2.41. The van der Waals surface area contributed by atoms with Crippen molar-refractivity contribution in [2.75, 3.05) is 24.9 Å². The van der Waals surface area contributed by atoms with E-state index in [1.807, 2.05) is 0 Å². The zero-order valence-corrected chi connectivity index (χ0v) is 19.5. The molecule has 2 aliphatic rings. The molecule has 0 unspecified atom stereocenters. The Morgan fingerprint density at radius 1 is 1.26 bits per heavy atom. The number of halogens is 1. The predicted octanol–water partition coefficient (Wildman–Crippen LogP) is 4.53. The summed E-state index contributed by atoms with van der Waals surface area (Å²) in [5.74, 6) is 0.916. The summed E-state index contributed by atoms with van der Waals surface area (Å²) in [6.45, 7) is 1.92. The lowest BCUT2D eigenvalue weighted by Crippen LogP contribution is -2.27. The van der Waals surface area contributed by atoms with Gasteiger partial charge in [-0.2, -0.15) is 0 Å². The number of carbonyl (C=O) groups is 2. The molecule has 4 rings (SSSR count). The maximum atomic E-state index is 13.1.